The van der Waals surface area contributed by atoms with Gasteiger partial charge >= 0.3 is 5.97 Å². The fourth-order valence-corrected chi connectivity index (χ4v) is 6.08. The van der Waals surface area contributed by atoms with Gasteiger partial charge in [0, 0.05) is 6.08 Å². The van der Waals surface area contributed by atoms with Gasteiger partial charge in [-0.25, -0.2) is 4.79 Å². The molecule has 19 nitrogen and oxygen atoms in total. The molecule has 0 saturated carbocycles. The van der Waals surface area contributed by atoms with E-state index in [-0.39, 0.29) is 30.1 Å². The minimum Gasteiger partial charge on any atom is -0.504 e. The van der Waals surface area contributed by atoms with Crippen LogP contribution in [-0.2, 0) is 44.4 Å². The maximum atomic E-state index is 13.3. The van der Waals surface area contributed by atoms with Crippen molar-refractivity contribution < 1.29 is 94.1 Å². The van der Waals surface area contributed by atoms with Gasteiger partial charge < -0.3 is 89.3 Å². The Morgan fingerprint density at radius 2 is 1.22 bits per heavy atom. The molecule has 5 rings (SSSR count). The monoisotopic (exact) mass is 770 g/mol. The number of rotatable bonds is 12. The number of aliphatic hydroxyl groups excluding tert-OH is 7. The molecule has 19 heteroatoms. The first-order chi connectivity index (χ1) is 25.5. The van der Waals surface area contributed by atoms with E-state index in [9.17, 15) is 61.0 Å². The van der Waals surface area contributed by atoms with E-state index in [0.717, 1.165) is 6.08 Å². The van der Waals surface area contributed by atoms with Gasteiger partial charge in [0.1, 0.15) is 54.9 Å². The lowest BCUT2D eigenvalue weighted by molar-refractivity contribution is -0.363. The zero-order valence-electron chi connectivity index (χ0n) is 29.1. The number of carbonyl (C=O) groups is 1. The molecule has 0 amide bonds. The van der Waals surface area contributed by atoms with Crippen molar-refractivity contribution in [3.05, 3.63) is 53.6 Å². The Bertz CT molecular complexity index is 1590. The molecule has 2 aromatic rings. The van der Waals surface area contributed by atoms with Crippen LogP contribution in [-0.4, -0.2) is 167 Å². The van der Waals surface area contributed by atoms with Crippen LogP contribution in [0.2, 0.25) is 0 Å². The number of phenolic OH excluding ortho intramolecular Hbond substituents is 4. The first-order valence-electron chi connectivity index (χ1n) is 17.1. The largest absolute Gasteiger partial charge is 0.504 e. The molecule has 3 heterocycles. The molecule has 15 atom stereocenters. The Balaban J connectivity index is 1.43. The second kappa shape index (κ2) is 17.9. The number of ether oxygens (including phenoxy) is 7. The molecule has 0 aliphatic carbocycles. The van der Waals surface area contributed by atoms with Crippen LogP contribution in [0.15, 0.2) is 42.5 Å². The van der Waals surface area contributed by atoms with Gasteiger partial charge in [-0.15, -0.1) is 0 Å². The zero-order valence-corrected chi connectivity index (χ0v) is 29.1. The summed E-state index contributed by atoms with van der Waals surface area (Å²) in [5.74, 6) is -2.62. The van der Waals surface area contributed by atoms with Gasteiger partial charge in [0.15, 0.2) is 48.0 Å². The summed E-state index contributed by atoms with van der Waals surface area (Å²) in [4.78, 5) is 13.3. The highest BCUT2D eigenvalue weighted by Gasteiger charge is 2.53. The number of aromatic hydroxyl groups is 4. The minimum atomic E-state index is -1.86. The van der Waals surface area contributed by atoms with Crippen molar-refractivity contribution in [2.45, 2.75) is 112 Å². The van der Waals surface area contributed by atoms with Crippen LogP contribution in [0.3, 0.4) is 0 Å². The van der Waals surface area contributed by atoms with Crippen molar-refractivity contribution in [2.24, 2.45) is 0 Å². The van der Waals surface area contributed by atoms with Crippen LogP contribution in [0, 0.1) is 0 Å². The van der Waals surface area contributed by atoms with Crippen molar-refractivity contribution in [2.75, 3.05) is 13.2 Å². The van der Waals surface area contributed by atoms with Crippen molar-refractivity contribution in [3.8, 4) is 23.0 Å². The number of benzene rings is 2. The maximum Gasteiger partial charge on any atom is 0.331 e. The normalized spacial score (nSPS) is 37.3. The number of phenols is 4. The van der Waals surface area contributed by atoms with Crippen LogP contribution in [0.5, 0.6) is 23.0 Å². The van der Waals surface area contributed by atoms with Gasteiger partial charge in [0.25, 0.3) is 0 Å². The molecule has 2 aromatic carbocycles. The summed E-state index contributed by atoms with van der Waals surface area (Å²) < 4.78 is 40.4. The predicted octanol–water partition coefficient (Wildman–Crippen LogP) is -2.16. The Labute approximate surface area is 308 Å². The zero-order chi connectivity index (χ0) is 39.4. The van der Waals surface area contributed by atoms with Crippen molar-refractivity contribution >= 4 is 12.0 Å². The Hall–Kier alpha value is -3.67. The summed E-state index contributed by atoms with van der Waals surface area (Å²) >= 11 is 0. The molecule has 0 radical (unpaired) electrons. The van der Waals surface area contributed by atoms with Gasteiger partial charge in [-0.3, -0.25) is 0 Å². The van der Waals surface area contributed by atoms with Gasteiger partial charge in [-0.2, -0.15) is 0 Å². The molecule has 0 unspecified atom stereocenters. The van der Waals surface area contributed by atoms with E-state index >= 15 is 0 Å². The van der Waals surface area contributed by atoms with Crippen molar-refractivity contribution in [1.29, 1.82) is 0 Å². The molecule has 3 fully saturated rings. The van der Waals surface area contributed by atoms with Gasteiger partial charge in [0.2, 0.25) is 0 Å². The predicted molar refractivity (Wildman–Crippen MR) is 178 cm³/mol. The highest BCUT2D eigenvalue weighted by atomic mass is 16.8. The summed E-state index contributed by atoms with van der Waals surface area (Å²) in [5.41, 5.74) is 0.811. The molecule has 0 aromatic heterocycles. The molecular weight excluding hydrogens is 724 g/mol. The molecule has 54 heavy (non-hydrogen) atoms. The third-order valence-corrected chi connectivity index (χ3v) is 9.32. The highest BCUT2D eigenvalue weighted by Crippen LogP contribution is 2.33. The van der Waals surface area contributed by atoms with Gasteiger partial charge in [0.05, 0.1) is 25.4 Å². The molecule has 300 valence electrons. The van der Waals surface area contributed by atoms with Crippen molar-refractivity contribution in [3.63, 3.8) is 0 Å². The van der Waals surface area contributed by atoms with Crippen LogP contribution in [0.4, 0.5) is 0 Å². The minimum absolute atomic E-state index is 0.134. The van der Waals surface area contributed by atoms with E-state index in [1.165, 1.54) is 56.3 Å². The standard InChI is InChI=1S/C35H46O19/c1-14-24(41)26(43)28(45)33(50-14)49-13-22-31(53-23(40)8-5-16-3-6-18(36)20(38)11-16)32(54-35-29(46)27(44)25(42)15(2)51-35)30(47)34(52-22)48-10-9-17-4-7-19(37)21(39)12-17/h3-8,11-12,14-15,22,24-39,41-47H,9-10,13H2,1-2H3/b8-5+/t14-,15+,22+,24-,25+,26+,27-,28+,29-,30+,31+,32+,33+,34+,35+/m0/s1. The average molecular weight is 771 g/mol. The Morgan fingerprint density at radius 1 is 0.648 bits per heavy atom. The van der Waals surface area contributed by atoms with E-state index in [4.69, 9.17) is 33.2 Å². The number of aliphatic hydroxyl groups is 7. The molecule has 3 aliphatic rings. The Morgan fingerprint density at radius 3 is 1.85 bits per heavy atom. The first-order valence-corrected chi connectivity index (χ1v) is 17.1. The molecule has 0 spiro atoms. The fraction of sp³-hybridized carbons (Fsp3) is 0.571. The number of carbonyl (C=O) groups excluding carboxylic acids is 1. The van der Waals surface area contributed by atoms with Crippen LogP contribution < -0.4 is 0 Å². The maximum absolute atomic E-state index is 13.3. The molecular formula is C35H46O19. The van der Waals surface area contributed by atoms with Crippen molar-refractivity contribution in [1.82, 2.24) is 0 Å². The third kappa shape index (κ3) is 9.58. The smallest absolute Gasteiger partial charge is 0.331 e. The lowest BCUT2D eigenvalue weighted by Crippen LogP contribution is -2.65. The molecule has 3 aliphatic heterocycles. The van der Waals surface area contributed by atoms with Crippen LogP contribution in [0.1, 0.15) is 25.0 Å². The quantitative estimate of drug-likeness (QED) is 0.0622. The SMILES string of the molecule is C[C@@H]1O[C@@H](OC[C@H]2O[C@@H](OCCc3ccc(O)c(O)c3)[C@H](O)[C@@H](O[C@H]3O[C@H](C)[C@@H](O)[C@H](O)[C@@H]3O)[C@@H]2OC(=O)/C=C/c2ccc(O)c(O)c2)[C@H](O)[C@H](O)[C@H]1O. The summed E-state index contributed by atoms with van der Waals surface area (Å²) in [6.07, 6.45) is -21.1. The van der Waals surface area contributed by atoms with E-state index in [2.05, 4.69) is 0 Å². The number of hydrogen-bond acceptors (Lipinski definition) is 19. The summed E-state index contributed by atoms with van der Waals surface area (Å²) in [7, 11) is 0. The van der Waals surface area contributed by atoms with E-state index in [1.54, 1.807) is 0 Å². The van der Waals surface area contributed by atoms with Gasteiger partial charge in [-0.05, 0) is 61.7 Å². The molecule has 11 N–H and O–H groups in total. The molecule has 3 saturated heterocycles. The number of esters is 1. The lowest BCUT2D eigenvalue weighted by Gasteiger charge is -2.47. The fourth-order valence-electron chi connectivity index (χ4n) is 6.08. The molecule has 0 bridgehead atoms. The van der Waals surface area contributed by atoms with E-state index in [0.29, 0.717) is 5.56 Å². The van der Waals surface area contributed by atoms with Gasteiger partial charge in [-0.1, -0.05) is 12.1 Å². The second-order valence-electron chi connectivity index (χ2n) is 13.3. The lowest BCUT2D eigenvalue weighted by atomic mass is 9.96. The Kier molecular flexibility index (Phi) is 13.7. The van der Waals surface area contributed by atoms with E-state index in [1.807, 2.05) is 0 Å². The first kappa shape index (κ1) is 41.5. The summed E-state index contributed by atoms with van der Waals surface area (Å²) in [5, 5.41) is 113. The summed E-state index contributed by atoms with van der Waals surface area (Å²) in [6, 6.07) is 7.83. The summed E-state index contributed by atoms with van der Waals surface area (Å²) in [6.45, 7) is 2.06. The topological polar surface area (TPSA) is 304 Å². The average Bonchev–Trinajstić information content (AvgIpc) is 3.14. The number of hydrogen-bond donors (Lipinski definition) is 11. The van der Waals surface area contributed by atoms with Crippen LogP contribution >= 0.6 is 0 Å². The third-order valence-electron chi connectivity index (χ3n) is 9.32. The van der Waals surface area contributed by atoms with Crippen LogP contribution in [0.25, 0.3) is 6.08 Å². The van der Waals surface area contributed by atoms with E-state index < -0.39 is 116 Å². The highest BCUT2D eigenvalue weighted by molar-refractivity contribution is 5.87. The second-order valence-corrected chi connectivity index (χ2v) is 13.3.